The van der Waals surface area contributed by atoms with Gasteiger partial charge in [0.05, 0.1) is 29.5 Å². The molecule has 34 heavy (non-hydrogen) atoms. The molecule has 0 aliphatic heterocycles. The van der Waals surface area contributed by atoms with Gasteiger partial charge in [0, 0.05) is 36.0 Å². The van der Waals surface area contributed by atoms with Crippen LogP contribution in [0.3, 0.4) is 0 Å². The summed E-state index contributed by atoms with van der Waals surface area (Å²) in [5.41, 5.74) is 4.73. The first-order chi connectivity index (χ1) is 16.5. The third kappa shape index (κ3) is 3.37. The smallest absolute Gasteiger partial charge is 0.283 e. The van der Waals surface area contributed by atoms with Crippen LogP contribution in [-0.2, 0) is 13.5 Å². The zero-order chi connectivity index (χ0) is 23.4. The van der Waals surface area contributed by atoms with Crippen LogP contribution in [0.15, 0.2) is 65.6 Å². The Hall–Kier alpha value is -3.64. The topological polar surface area (TPSA) is 61.9 Å². The van der Waals surface area contributed by atoms with Gasteiger partial charge in [-0.3, -0.25) is 14.3 Å². The van der Waals surface area contributed by atoms with Crippen molar-refractivity contribution in [3.63, 3.8) is 0 Å². The molecular weight excluding hydrogens is 448 g/mol. The summed E-state index contributed by atoms with van der Waals surface area (Å²) in [4.78, 5) is 23.4. The summed E-state index contributed by atoms with van der Waals surface area (Å²) in [6.45, 7) is 0. The van der Waals surface area contributed by atoms with Gasteiger partial charge >= 0.3 is 0 Å². The highest BCUT2D eigenvalue weighted by molar-refractivity contribution is 6.31. The monoisotopic (exact) mass is 470 g/mol. The van der Waals surface area contributed by atoms with E-state index in [0.717, 1.165) is 57.8 Å². The van der Waals surface area contributed by atoms with Crippen molar-refractivity contribution in [1.29, 1.82) is 0 Å². The van der Waals surface area contributed by atoms with Crippen LogP contribution in [0.4, 0.5) is 0 Å². The number of hydrogen-bond donors (Lipinski definition) is 0. The van der Waals surface area contributed by atoms with Gasteiger partial charge in [0.2, 0.25) is 0 Å². The normalized spacial score (nSPS) is 13.6. The van der Waals surface area contributed by atoms with Crippen LogP contribution in [0.1, 0.15) is 35.8 Å². The maximum absolute atomic E-state index is 14.0. The van der Waals surface area contributed by atoms with Crippen molar-refractivity contribution in [2.24, 2.45) is 7.05 Å². The molecule has 0 unspecified atom stereocenters. The quantitative estimate of drug-likeness (QED) is 0.345. The molecular formula is C27H23ClN4O2. The number of benzene rings is 2. The van der Waals surface area contributed by atoms with Crippen LogP contribution < -0.4 is 10.3 Å². The zero-order valence-electron chi connectivity index (χ0n) is 19.0. The lowest BCUT2D eigenvalue weighted by Gasteiger charge is -2.15. The molecule has 6 rings (SSSR count). The lowest BCUT2D eigenvalue weighted by atomic mass is 10.1. The summed E-state index contributed by atoms with van der Waals surface area (Å²) in [6.07, 6.45) is 4.58. The first-order valence-corrected chi connectivity index (χ1v) is 11.7. The summed E-state index contributed by atoms with van der Waals surface area (Å²) >= 11 is 6.41. The van der Waals surface area contributed by atoms with Crippen molar-refractivity contribution in [3.8, 4) is 11.4 Å². The number of nitrogens with zero attached hydrogens (tertiary/aromatic N) is 4. The summed E-state index contributed by atoms with van der Waals surface area (Å²) in [6, 6.07) is 17.4. The second-order valence-corrected chi connectivity index (χ2v) is 9.23. The molecule has 0 spiro atoms. The predicted molar refractivity (Wildman–Crippen MR) is 134 cm³/mol. The molecule has 1 aliphatic rings. The first kappa shape index (κ1) is 20.9. The number of aryl methyl sites for hydroxylation is 1. The van der Waals surface area contributed by atoms with Crippen molar-refractivity contribution >= 4 is 33.5 Å². The molecule has 0 amide bonds. The Morgan fingerprint density at radius 2 is 1.91 bits per heavy atom. The molecule has 0 radical (unpaired) electrons. The van der Waals surface area contributed by atoms with Crippen LogP contribution in [-0.4, -0.2) is 26.2 Å². The van der Waals surface area contributed by atoms with E-state index in [4.69, 9.17) is 21.3 Å². The van der Waals surface area contributed by atoms with E-state index in [0.29, 0.717) is 22.9 Å². The second-order valence-electron chi connectivity index (χ2n) is 8.79. The number of imidazole rings is 1. The molecule has 0 bridgehead atoms. The standard InChI is InChI=1S/C27H23ClN4O2/c1-31-23(14-16-5-10-19(34-2)11-6-16)30-25-26(31)20-12-9-18(28)15-22(20)32(27(25)33)21-4-3-13-29-24(21)17-7-8-17/h3-6,9-13,15,17H,7-8,14H2,1-2H3. The maximum atomic E-state index is 14.0. The van der Waals surface area contributed by atoms with E-state index in [-0.39, 0.29) is 5.56 Å². The third-order valence-corrected chi connectivity index (χ3v) is 6.83. The van der Waals surface area contributed by atoms with Crippen LogP contribution in [0, 0.1) is 0 Å². The third-order valence-electron chi connectivity index (χ3n) is 6.59. The van der Waals surface area contributed by atoms with Gasteiger partial charge in [-0.15, -0.1) is 0 Å². The Morgan fingerprint density at radius 3 is 2.65 bits per heavy atom. The van der Waals surface area contributed by atoms with Gasteiger partial charge in [-0.1, -0.05) is 23.7 Å². The number of rotatable bonds is 5. The molecule has 7 heteroatoms. The first-order valence-electron chi connectivity index (χ1n) is 11.3. The molecule has 1 saturated carbocycles. The number of methoxy groups -OCH3 is 1. The predicted octanol–water partition coefficient (Wildman–Crippen LogP) is 5.40. The fraction of sp³-hybridized carbons (Fsp3) is 0.222. The van der Waals surface area contributed by atoms with E-state index in [2.05, 4.69) is 4.98 Å². The number of aromatic nitrogens is 4. The summed E-state index contributed by atoms with van der Waals surface area (Å²) in [5, 5.41) is 1.51. The fourth-order valence-electron chi connectivity index (χ4n) is 4.70. The van der Waals surface area contributed by atoms with Gasteiger partial charge in [0.15, 0.2) is 5.52 Å². The lowest BCUT2D eigenvalue weighted by Crippen LogP contribution is -2.21. The summed E-state index contributed by atoms with van der Waals surface area (Å²) in [5.74, 6) is 2.02. The van der Waals surface area contributed by atoms with Crippen molar-refractivity contribution in [2.75, 3.05) is 7.11 Å². The van der Waals surface area contributed by atoms with Gasteiger partial charge < -0.3 is 9.30 Å². The van der Waals surface area contributed by atoms with E-state index in [1.165, 1.54) is 0 Å². The zero-order valence-corrected chi connectivity index (χ0v) is 19.7. The molecule has 170 valence electrons. The molecule has 1 aliphatic carbocycles. The van der Waals surface area contributed by atoms with Crippen LogP contribution in [0.5, 0.6) is 5.75 Å². The van der Waals surface area contributed by atoms with Crippen molar-refractivity contribution in [2.45, 2.75) is 25.2 Å². The number of fused-ring (bicyclic) bond motifs is 3. The van der Waals surface area contributed by atoms with E-state index in [1.807, 2.05) is 66.2 Å². The Bertz CT molecular complexity index is 1610. The van der Waals surface area contributed by atoms with Crippen molar-refractivity contribution < 1.29 is 4.74 Å². The van der Waals surface area contributed by atoms with Gasteiger partial charge in [0.1, 0.15) is 11.6 Å². The highest BCUT2D eigenvalue weighted by Gasteiger charge is 2.29. The minimum atomic E-state index is -0.156. The van der Waals surface area contributed by atoms with E-state index >= 15 is 0 Å². The fourth-order valence-corrected chi connectivity index (χ4v) is 4.87. The van der Waals surface area contributed by atoms with Gasteiger partial charge in [-0.25, -0.2) is 4.98 Å². The van der Waals surface area contributed by atoms with Crippen molar-refractivity contribution in [3.05, 3.63) is 93.3 Å². The van der Waals surface area contributed by atoms with Crippen LogP contribution in [0.25, 0.3) is 27.6 Å². The minimum absolute atomic E-state index is 0.156. The molecule has 2 aromatic carbocycles. The Labute approximate surface area is 201 Å². The Morgan fingerprint density at radius 1 is 1.12 bits per heavy atom. The summed E-state index contributed by atoms with van der Waals surface area (Å²) < 4.78 is 9.03. The lowest BCUT2D eigenvalue weighted by molar-refractivity contribution is 0.414. The van der Waals surface area contributed by atoms with Crippen molar-refractivity contribution in [1.82, 2.24) is 19.1 Å². The molecule has 0 saturated heterocycles. The average Bonchev–Trinajstić information content (AvgIpc) is 3.65. The molecule has 0 N–H and O–H groups in total. The van der Waals surface area contributed by atoms with E-state index < -0.39 is 0 Å². The number of hydrogen-bond acceptors (Lipinski definition) is 4. The molecule has 3 heterocycles. The van der Waals surface area contributed by atoms with Crippen LogP contribution in [0.2, 0.25) is 5.02 Å². The highest BCUT2D eigenvalue weighted by atomic mass is 35.5. The molecule has 1 fully saturated rings. The largest absolute Gasteiger partial charge is 0.497 e. The Balaban J connectivity index is 1.61. The minimum Gasteiger partial charge on any atom is -0.497 e. The van der Waals surface area contributed by atoms with Gasteiger partial charge in [-0.2, -0.15) is 0 Å². The van der Waals surface area contributed by atoms with E-state index in [1.54, 1.807) is 17.9 Å². The number of ether oxygens (including phenoxy) is 1. The molecule has 5 aromatic rings. The van der Waals surface area contributed by atoms with E-state index in [9.17, 15) is 4.79 Å². The van der Waals surface area contributed by atoms with Gasteiger partial charge in [0.25, 0.3) is 5.56 Å². The molecule has 0 atom stereocenters. The molecule has 6 nitrogen and oxygen atoms in total. The highest BCUT2D eigenvalue weighted by Crippen LogP contribution is 2.42. The maximum Gasteiger partial charge on any atom is 0.283 e. The average molecular weight is 471 g/mol. The molecule has 3 aromatic heterocycles. The summed E-state index contributed by atoms with van der Waals surface area (Å²) in [7, 11) is 3.62. The van der Waals surface area contributed by atoms with Crippen LogP contribution >= 0.6 is 11.6 Å². The Kier molecular flexibility index (Phi) is 4.92. The SMILES string of the molecule is COc1ccc(Cc2nc3c(=O)n(-c4cccnc4C4CC4)c4cc(Cl)ccc4c3n2C)cc1. The number of halogens is 1. The second kappa shape index (κ2) is 7.99. The number of pyridine rings is 2. The van der Waals surface area contributed by atoms with Gasteiger partial charge in [-0.05, 0) is 60.9 Å².